The summed E-state index contributed by atoms with van der Waals surface area (Å²) in [6, 6.07) is 0. The van der Waals surface area contributed by atoms with Gasteiger partial charge in [0.05, 0.1) is 11.2 Å². The lowest BCUT2D eigenvalue weighted by Gasteiger charge is -2.51. The molecule has 18 heavy (non-hydrogen) atoms. The Morgan fingerprint density at radius 3 is 2.28 bits per heavy atom. The van der Waals surface area contributed by atoms with Crippen LogP contribution in [0.5, 0.6) is 0 Å². The van der Waals surface area contributed by atoms with E-state index >= 15 is 0 Å². The molecule has 1 saturated heterocycles. The van der Waals surface area contributed by atoms with E-state index in [2.05, 4.69) is 39.9 Å². The third-order valence-corrected chi connectivity index (χ3v) is 5.28. The molecule has 1 N–H and O–H groups in total. The fraction of sp³-hybridized carbons (Fsp3) is 1.00. The zero-order valence-electron chi connectivity index (χ0n) is 12.9. The third kappa shape index (κ3) is 2.91. The highest BCUT2D eigenvalue weighted by Gasteiger charge is 2.45. The van der Waals surface area contributed by atoms with Gasteiger partial charge in [-0.2, -0.15) is 0 Å². The van der Waals surface area contributed by atoms with Crippen molar-refractivity contribution in [3.8, 4) is 0 Å². The van der Waals surface area contributed by atoms with Crippen LogP contribution in [0.4, 0.5) is 0 Å². The van der Waals surface area contributed by atoms with Gasteiger partial charge < -0.3 is 10.1 Å². The van der Waals surface area contributed by atoms with Crippen LogP contribution >= 0.6 is 0 Å². The van der Waals surface area contributed by atoms with E-state index < -0.39 is 0 Å². The lowest BCUT2D eigenvalue weighted by molar-refractivity contribution is -0.190. The molecule has 1 spiro atoms. The molecule has 1 aliphatic carbocycles. The lowest BCUT2D eigenvalue weighted by atomic mass is 9.68. The van der Waals surface area contributed by atoms with Crippen molar-refractivity contribution < 1.29 is 4.74 Å². The Morgan fingerprint density at radius 2 is 1.78 bits per heavy atom. The van der Waals surface area contributed by atoms with E-state index in [9.17, 15) is 0 Å². The minimum atomic E-state index is 0.0484. The molecular formula is C16H31NO. The first kappa shape index (κ1) is 14.3. The average molecular weight is 253 g/mol. The molecule has 2 heteroatoms. The third-order valence-electron chi connectivity index (χ3n) is 5.28. The first-order valence-corrected chi connectivity index (χ1v) is 7.70. The van der Waals surface area contributed by atoms with E-state index in [0.717, 1.165) is 25.4 Å². The van der Waals surface area contributed by atoms with Crippen molar-refractivity contribution in [2.45, 2.75) is 77.9 Å². The summed E-state index contributed by atoms with van der Waals surface area (Å²) in [6.07, 6.45) is 6.22. The molecule has 1 aliphatic heterocycles. The van der Waals surface area contributed by atoms with E-state index in [-0.39, 0.29) is 11.2 Å². The summed E-state index contributed by atoms with van der Waals surface area (Å²) in [5.41, 5.74) is 0.634. The van der Waals surface area contributed by atoms with Crippen molar-refractivity contribution >= 4 is 0 Å². The number of morpholine rings is 1. The molecule has 1 heterocycles. The number of hydrogen-bond acceptors (Lipinski definition) is 2. The van der Waals surface area contributed by atoms with E-state index in [4.69, 9.17) is 4.74 Å². The first-order chi connectivity index (χ1) is 8.29. The molecule has 1 saturated carbocycles. The minimum absolute atomic E-state index is 0.0484. The Labute approximate surface area is 113 Å². The summed E-state index contributed by atoms with van der Waals surface area (Å²) in [7, 11) is 0. The summed E-state index contributed by atoms with van der Waals surface area (Å²) >= 11 is 0. The Bertz CT molecular complexity index is 286. The molecule has 106 valence electrons. The number of nitrogens with one attached hydrogen (secondary N) is 1. The Hall–Kier alpha value is -0.0800. The summed E-state index contributed by atoms with van der Waals surface area (Å²) in [4.78, 5) is 0. The van der Waals surface area contributed by atoms with Gasteiger partial charge in [-0.05, 0) is 50.4 Å². The van der Waals surface area contributed by atoms with E-state index in [1.54, 1.807) is 0 Å². The van der Waals surface area contributed by atoms with Crippen LogP contribution in [0, 0.1) is 11.3 Å². The van der Waals surface area contributed by atoms with Crippen LogP contribution in [0.1, 0.15) is 66.7 Å². The fourth-order valence-electron chi connectivity index (χ4n) is 3.64. The van der Waals surface area contributed by atoms with Crippen molar-refractivity contribution in [1.29, 1.82) is 0 Å². The topological polar surface area (TPSA) is 21.3 Å². The second kappa shape index (κ2) is 4.79. The van der Waals surface area contributed by atoms with Crippen LogP contribution in [0.2, 0.25) is 0 Å². The van der Waals surface area contributed by atoms with Gasteiger partial charge in [-0.15, -0.1) is 0 Å². The largest absolute Gasteiger partial charge is 0.366 e. The van der Waals surface area contributed by atoms with Crippen LogP contribution < -0.4 is 5.32 Å². The molecule has 2 fully saturated rings. The molecular weight excluding hydrogens is 222 g/mol. The van der Waals surface area contributed by atoms with Gasteiger partial charge in [0.25, 0.3) is 0 Å². The fourth-order valence-corrected chi connectivity index (χ4v) is 3.64. The Morgan fingerprint density at radius 1 is 1.17 bits per heavy atom. The second-order valence-corrected chi connectivity index (χ2v) is 7.83. The van der Waals surface area contributed by atoms with Crippen LogP contribution in [0.3, 0.4) is 0 Å². The molecule has 0 aromatic carbocycles. The van der Waals surface area contributed by atoms with Crippen molar-refractivity contribution in [1.82, 2.24) is 5.32 Å². The summed E-state index contributed by atoms with van der Waals surface area (Å²) in [5.74, 6) is 0.863. The van der Waals surface area contributed by atoms with Crippen LogP contribution in [-0.4, -0.2) is 24.3 Å². The normalized spacial score (nSPS) is 42.2. The molecule has 1 unspecified atom stereocenters. The van der Waals surface area contributed by atoms with Crippen molar-refractivity contribution in [3.05, 3.63) is 0 Å². The zero-order valence-corrected chi connectivity index (χ0v) is 12.9. The highest BCUT2D eigenvalue weighted by Crippen LogP contribution is 2.45. The molecule has 0 radical (unpaired) electrons. The predicted molar refractivity (Wildman–Crippen MR) is 76.8 cm³/mol. The van der Waals surface area contributed by atoms with Crippen LogP contribution in [0.25, 0.3) is 0 Å². The Kier molecular flexibility index (Phi) is 3.81. The SMILES string of the molecule is CCC1(C)CNCC2(CCC(C(C)(C)C)CC2)O1. The van der Waals surface area contributed by atoms with Gasteiger partial charge in [-0.3, -0.25) is 0 Å². The van der Waals surface area contributed by atoms with Gasteiger partial charge in [0.2, 0.25) is 0 Å². The molecule has 0 bridgehead atoms. The molecule has 0 amide bonds. The maximum absolute atomic E-state index is 6.55. The van der Waals surface area contributed by atoms with Crippen molar-refractivity contribution in [2.24, 2.45) is 11.3 Å². The average Bonchev–Trinajstić information content (AvgIpc) is 2.28. The molecule has 2 nitrogen and oxygen atoms in total. The van der Waals surface area contributed by atoms with Gasteiger partial charge in [-0.1, -0.05) is 27.7 Å². The van der Waals surface area contributed by atoms with E-state index in [1.807, 2.05) is 0 Å². The highest BCUT2D eigenvalue weighted by atomic mass is 16.5. The first-order valence-electron chi connectivity index (χ1n) is 7.70. The molecule has 2 aliphatic rings. The van der Waals surface area contributed by atoms with Gasteiger partial charge in [0.1, 0.15) is 0 Å². The van der Waals surface area contributed by atoms with Crippen molar-refractivity contribution in [2.75, 3.05) is 13.1 Å². The molecule has 0 aromatic rings. The van der Waals surface area contributed by atoms with Crippen LogP contribution in [0.15, 0.2) is 0 Å². The van der Waals surface area contributed by atoms with E-state index in [1.165, 1.54) is 25.7 Å². The van der Waals surface area contributed by atoms with Gasteiger partial charge in [0, 0.05) is 13.1 Å². The van der Waals surface area contributed by atoms with Gasteiger partial charge in [0.15, 0.2) is 0 Å². The highest BCUT2D eigenvalue weighted by molar-refractivity contribution is 4.98. The zero-order chi connectivity index (χ0) is 13.4. The lowest BCUT2D eigenvalue weighted by Crippen LogP contribution is -2.60. The molecule has 2 rings (SSSR count). The number of rotatable bonds is 1. The van der Waals surface area contributed by atoms with Crippen molar-refractivity contribution in [3.63, 3.8) is 0 Å². The maximum Gasteiger partial charge on any atom is 0.0814 e. The van der Waals surface area contributed by atoms with Gasteiger partial charge in [-0.25, -0.2) is 0 Å². The monoisotopic (exact) mass is 253 g/mol. The molecule has 0 aromatic heterocycles. The Balaban J connectivity index is 1.99. The quantitative estimate of drug-likeness (QED) is 0.768. The predicted octanol–water partition coefficient (Wildman–Crippen LogP) is 3.75. The van der Waals surface area contributed by atoms with Gasteiger partial charge >= 0.3 is 0 Å². The summed E-state index contributed by atoms with van der Waals surface area (Å²) in [6.45, 7) is 13.7. The summed E-state index contributed by atoms with van der Waals surface area (Å²) in [5, 5.41) is 3.62. The summed E-state index contributed by atoms with van der Waals surface area (Å²) < 4.78 is 6.55. The maximum atomic E-state index is 6.55. The van der Waals surface area contributed by atoms with E-state index in [0.29, 0.717) is 5.41 Å². The minimum Gasteiger partial charge on any atom is -0.366 e. The number of hydrogen-bond donors (Lipinski definition) is 1. The molecule has 1 atom stereocenters. The standard InChI is InChI=1S/C16H31NO/c1-6-15(5)11-17-12-16(18-15)9-7-13(8-10-16)14(2,3)4/h13,17H,6-12H2,1-5H3. The second-order valence-electron chi connectivity index (χ2n) is 7.83. The number of ether oxygens (including phenoxy) is 1. The smallest absolute Gasteiger partial charge is 0.0814 e. The van der Waals surface area contributed by atoms with Crippen LogP contribution in [-0.2, 0) is 4.74 Å².